The number of hydrogen-bond donors (Lipinski definition) is 4. The predicted octanol–water partition coefficient (Wildman–Crippen LogP) is -1.93. The van der Waals surface area contributed by atoms with E-state index in [1.165, 1.54) is 0 Å². The van der Waals surface area contributed by atoms with E-state index in [1.54, 1.807) is 0 Å². The SMILES string of the molecule is Nc1ccn([C@@H]2O[C@H](C(O)CO)C(O)C2(F)F)c(=O)n1. The van der Waals surface area contributed by atoms with E-state index >= 15 is 0 Å². The lowest BCUT2D eigenvalue weighted by Crippen LogP contribution is -2.44. The number of hydrogen-bond acceptors (Lipinski definition) is 7. The van der Waals surface area contributed by atoms with Crippen LogP contribution in [0.3, 0.4) is 0 Å². The minimum Gasteiger partial charge on any atom is -0.394 e. The minimum atomic E-state index is -3.84. The zero-order chi connectivity index (χ0) is 15.1. The molecule has 8 nitrogen and oxygen atoms in total. The van der Waals surface area contributed by atoms with Crippen LogP contribution in [0.15, 0.2) is 17.1 Å². The lowest BCUT2D eigenvalue weighted by Gasteiger charge is -2.21. The number of rotatable bonds is 3. The van der Waals surface area contributed by atoms with Crippen molar-refractivity contribution < 1.29 is 28.8 Å². The molecule has 0 spiro atoms. The van der Waals surface area contributed by atoms with Crippen LogP contribution in [0.1, 0.15) is 6.23 Å². The third kappa shape index (κ3) is 2.26. The first-order valence-corrected chi connectivity index (χ1v) is 5.64. The van der Waals surface area contributed by atoms with Gasteiger partial charge < -0.3 is 25.8 Å². The Kier molecular flexibility index (Phi) is 3.73. The summed E-state index contributed by atoms with van der Waals surface area (Å²) < 4.78 is 33.1. The molecule has 0 aromatic carbocycles. The standard InChI is InChI=1S/C10H13F2N3O5/c11-10(12)7(18)6(4(17)3-16)20-8(10)15-2-1-5(13)14-9(15)19/h1-2,4,6-8,16-18H,3H2,(H2,13,14,19)/t4?,6-,7?,8-/m1/s1. The molecule has 4 atom stereocenters. The summed E-state index contributed by atoms with van der Waals surface area (Å²) in [5.74, 6) is -4.00. The first kappa shape index (κ1) is 14.8. The lowest BCUT2D eigenvalue weighted by molar-refractivity contribution is -0.141. The summed E-state index contributed by atoms with van der Waals surface area (Å²) in [6, 6.07) is 1.11. The van der Waals surface area contributed by atoms with Crippen LogP contribution in [0.2, 0.25) is 0 Å². The van der Waals surface area contributed by atoms with Gasteiger partial charge in [0.2, 0.25) is 6.23 Å². The lowest BCUT2D eigenvalue weighted by atomic mass is 10.1. The van der Waals surface area contributed by atoms with Crippen LogP contribution >= 0.6 is 0 Å². The second-order valence-corrected chi connectivity index (χ2v) is 4.36. The third-order valence-corrected chi connectivity index (χ3v) is 2.99. The fourth-order valence-electron chi connectivity index (χ4n) is 1.94. The van der Waals surface area contributed by atoms with Crippen molar-refractivity contribution in [1.82, 2.24) is 9.55 Å². The molecule has 112 valence electrons. The molecular weight excluding hydrogens is 280 g/mol. The predicted molar refractivity (Wildman–Crippen MR) is 60.9 cm³/mol. The van der Waals surface area contributed by atoms with E-state index in [9.17, 15) is 23.8 Å². The second-order valence-electron chi connectivity index (χ2n) is 4.36. The molecular formula is C10H13F2N3O5. The smallest absolute Gasteiger partial charge is 0.351 e. The molecule has 0 bridgehead atoms. The van der Waals surface area contributed by atoms with Crippen molar-refractivity contribution in [1.29, 1.82) is 0 Å². The summed E-state index contributed by atoms with van der Waals surface area (Å²) in [5.41, 5.74) is 4.16. The summed E-state index contributed by atoms with van der Waals surface area (Å²) in [7, 11) is 0. The van der Waals surface area contributed by atoms with Gasteiger partial charge in [0.1, 0.15) is 18.0 Å². The summed E-state index contributed by atoms with van der Waals surface area (Å²) >= 11 is 0. The van der Waals surface area contributed by atoms with E-state index in [0.29, 0.717) is 4.57 Å². The Bertz CT molecular complexity index is 552. The number of aromatic nitrogens is 2. The van der Waals surface area contributed by atoms with E-state index in [4.69, 9.17) is 15.6 Å². The van der Waals surface area contributed by atoms with Gasteiger partial charge in [-0.3, -0.25) is 4.57 Å². The molecule has 1 saturated heterocycles. The number of nitrogens with two attached hydrogens (primary N) is 1. The average Bonchev–Trinajstić information content (AvgIpc) is 2.61. The van der Waals surface area contributed by atoms with Gasteiger partial charge in [-0.25, -0.2) is 4.79 Å². The number of ether oxygens (including phenoxy) is 1. The van der Waals surface area contributed by atoms with Crippen molar-refractivity contribution in [2.45, 2.75) is 30.5 Å². The Labute approximate surface area is 111 Å². The Balaban J connectivity index is 2.39. The summed E-state index contributed by atoms with van der Waals surface area (Å²) in [6.07, 6.45) is -7.02. The van der Waals surface area contributed by atoms with Crippen LogP contribution in [-0.2, 0) is 4.74 Å². The highest BCUT2D eigenvalue weighted by Gasteiger charge is 2.61. The number of anilines is 1. The first-order valence-electron chi connectivity index (χ1n) is 5.64. The van der Waals surface area contributed by atoms with Gasteiger partial charge in [-0.15, -0.1) is 0 Å². The molecule has 20 heavy (non-hydrogen) atoms. The topological polar surface area (TPSA) is 131 Å². The minimum absolute atomic E-state index is 0.153. The van der Waals surface area contributed by atoms with E-state index in [0.717, 1.165) is 12.3 Å². The fraction of sp³-hybridized carbons (Fsp3) is 0.600. The number of aliphatic hydroxyl groups is 3. The summed E-state index contributed by atoms with van der Waals surface area (Å²) in [5, 5.41) is 27.6. The molecule has 0 aliphatic carbocycles. The number of alkyl halides is 2. The Morgan fingerprint density at radius 1 is 1.60 bits per heavy atom. The molecule has 0 amide bonds. The molecule has 0 saturated carbocycles. The Morgan fingerprint density at radius 3 is 2.80 bits per heavy atom. The highest BCUT2D eigenvalue weighted by Crippen LogP contribution is 2.43. The highest BCUT2D eigenvalue weighted by molar-refractivity contribution is 5.23. The van der Waals surface area contributed by atoms with Crippen molar-refractivity contribution in [3.05, 3.63) is 22.7 Å². The van der Waals surface area contributed by atoms with E-state index in [1.807, 2.05) is 0 Å². The number of halogens is 2. The normalized spacial score (nSPS) is 30.4. The number of nitrogens with zero attached hydrogens (tertiary/aromatic N) is 2. The van der Waals surface area contributed by atoms with Gasteiger partial charge in [-0.2, -0.15) is 13.8 Å². The van der Waals surface area contributed by atoms with Crippen LogP contribution in [0, 0.1) is 0 Å². The highest BCUT2D eigenvalue weighted by atomic mass is 19.3. The van der Waals surface area contributed by atoms with Gasteiger partial charge in [0.25, 0.3) is 0 Å². The maximum absolute atomic E-state index is 13.9. The van der Waals surface area contributed by atoms with Crippen molar-refractivity contribution in [3.63, 3.8) is 0 Å². The maximum atomic E-state index is 13.9. The molecule has 5 N–H and O–H groups in total. The first-order chi connectivity index (χ1) is 9.28. The molecule has 0 radical (unpaired) electrons. The van der Waals surface area contributed by atoms with E-state index < -0.39 is 42.8 Å². The molecule has 1 aliphatic rings. The van der Waals surface area contributed by atoms with Crippen LogP contribution in [0.4, 0.5) is 14.6 Å². The zero-order valence-electron chi connectivity index (χ0n) is 10.1. The Morgan fingerprint density at radius 2 is 2.25 bits per heavy atom. The van der Waals surface area contributed by atoms with Crippen LogP contribution in [0.5, 0.6) is 0 Å². The van der Waals surface area contributed by atoms with E-state index in [2.05, 4.69) is 4.98 Å². The van der Waals surface area contributed by atoms with Crippen LogP contribution in [-0.4, -0.2) is 55.7 Å². The van der Waals surface area contributed by atoms with Gasteiger partial charge in [0, 0.05) is 6.20 Å². The summed E-state index contributed by atoms with van der Waals surface area (Å²) in [4.78, 5) is 14.8. The van der Waals surface area contributed by atoms with Gasteiger partial charge in [0.15, 0.2) is 6.10 Å². The van der Waals surface area contributed by atoms with Crippen LogP contribution in [0.25, 0.3) is 0 Å². The molecule has 1 aromatic heterocycles. The fourth-order valence-corrected chi connectivity index (χ4v) is 1.94. The van der Waals surface area contributed by atoms with Crippen molar-refractivity contribution >= 4 is 5.82 Å². The van der Waals surface area contributed by atoms with Gasteiger partial charge in [0.05, 0.1) is 6.61 Å². The maximum Gasteiger partial charge on any atom is 0.351 e. The number of nitrogen functional groups attached to an aromatic ring is 1. The van der Waals surface area contributed by atoms with Crippen molar-refractivity contribution in [2.75, 3.05) is 12.3 Å². The largest absolute Gasteiger partial charge is 0.394 e. The third-order valence-electron chi connectivity index (χ3n) is 2.99. The molecule has 1 aromatic rings. The molecule has 2 rings (SSSR count). The van der Waals surface area contributed by atoms with E-state index in [-0.39, 0.29) is 5.82 Å². The quantitative estimate of drug-likeness (QED) is 0.510. The van der Waals surface area contributed by atoms with Gasteiger partial charge >= 0.3 is 11.6 Å². The molecule has 2 unspecified atom stereocenters. The van der Waals surface area contributed by atoms with Gasteiger partial charge in [-0.05, 0) is 6.07 Å². The molecule has 10 heteroatoms. The molecule has 2 heterocycles. The number of aliphatic hydroxyl groups excluding tert-OH is 3. The Hall–Kier alpha value is -1.62. The van der Waals surface area contributed by atoms with Gasteiger partial charge in [-0.1, -0.05) is 0 Å². The molecule has 1 fully saturated rings. The summed E-state index contributed by atoms with van der Waals surface area (Å²) in [6.45, 7) is -0.876. The zero-order valence-corrected chi connectivity index (χ0v) is 10.1. The van der Waals surface area contributed by atoms with Crippen molar-refractivity contribution in [2.24, 2.45) is 0 Å². The monoisotopic (exact) mass is 293 g/mol. The average molecular weight is 293 g/mol. The molecule has 1 aliphatic heterocycles. The van der Waals surface area contributed by atoms with Crippen molar-refractivity contribution in [3.8, 4) is 0 Å². The second kappa shape index (κ2) is 5.05. The van der Waals surface area contributed by atoms with Crippen LogP contribution < -0.4 is 11.4 Å².